The quantitative estimate of drug-likeness (QED) is 0.911. The van der Waals surface area contributed by atoms with E-state index in [1.54, 1.807) is 6.07 Å². The first kappa shape index (κ1) is 10.8. The van der Waals surface area contributed by atoms with Gasteiger partial charge in [0.05, 0.1) is 5.02 Å². The van der Waals surface area contributed by atoms with Gasteiger partial charge < -0.3 is 10.5 Å². The van der Waals surface area contributed by atoms with Crippen LogP contribution in [-0.2, 0) is 0 Å². The molecule has 1 aromatic rings. The van der Waals surface area contributed by atoms with Crippen LogP contribution in [0.2, 0.25) is 5.02 Å². The highest BCUT2D eigenvalue weighted by Crippen LogP contribution is 2.31. The highest BCUT2D eigenvalue weighted by atomic mass is 79.9. The van der Waals surface area contributed by atoms with E-state index in [9.17, 15) is 0 Å². The van der Waals surface area contributed by atoms with Gasteiger partial charge in [0, 0.05) is 11.0 Å². The summed E-state index contributed by atoms with van der Waals surface area (Å²) in [6, 6.07) is 3.76. The summed E-state index contributed by atoms with van der Waals surface area (Å²) in [6.07, 6.45) is 0. The molecule has 0 aliphatic rings. The van der Waals surface area contributed by atoms with Gasteiger partial charge in [0.1, 0.15) is 12.4 Å². The number of benzene rings is 1. The highest BCUT2D eigenvalue weighted by Gasteiger charge is 2.06. The van der Waals surface area contributed by atoms with Crippen molar-refractivity contribution in [1.29, 1.82) is 0 Å². The molecule has 0 heterocycles. The van der Waals surface area contributed by atoms with E-state index in [1.807, 2.05) is 13.0 Å². The Morgan fingerprint density at radius 1 is 1.54 bits per heavy atom. The maximum Gasteiger partial charge on any atom is 0.140 e. The fourth-order valence-corrected chi connectivity index (χ4v) is 2.06. The summed E-state index contributed by atoms with van der Waals surface area (Å²) in [7, 11) is 0. The number of halogens is 2. The van der Waals surface area contributed by atoms with E-state index in [-0.39, 0.29) is 0 Å². The molecule has 0 bridgehead atoms. The summed E-state index contributed by atoms with van der Waals surface area (Å²) >= 11 is 9.33. The number of aryl methyl sites for hydroxylation is 1. The van der Waals surface area contributed by atoms with Crippen molar-refractivity contribution in [2.24, 2.45) is 5.73 Å². The molecular weight excluding hydrogens is 253 g/mol. The number of ether oxygens (including phenoxy) is 1. The molecule has 0 unspecified atom stereocenters. The molecule has 0 aromatic heterocycles. The number of hydrogen-bond donors (Lipinski definition) is 1. The van der Waals surface area contributed by atoms with Gasteiger partial charge in [-0.15, -0.1) is 0 Å². The van der Waals surface area contributed by atoms with Crippen molar-refractivity contribution < 1.29 is 4.74 Å². The zero-order valence-electron chi connectivity index (χ0n) is 7.31. The normalized spacial score (nSPS) is 10.2. The van der Waals surface area contributed by atoms with Crippen LogP contribution in [0.1, 0.15) is 5.56 Å². The summed E-state index contributed by atoms with van der Waals surface area (Å²) in [5, 5.41) is 0.611. The van der Waals surface area contributed by atoms with Crippen molar-refractivity contribution in [2.75, 3.05) is 13.2 Å². The molecule has 1 rings (SSSR count). The molecule has 0 spiro atoms. The zero-order chi connectivity index (χ0) is 9.84. The average molecular weight is 265 g/mol. The maximum absolute atomic E-state index is 5.97. The molecule has 2 N–H and O–H groups in total. The standard InChI is InChI=1S/C9H11BrClNO/c1-6-4-7(10)5-8(11)9(6)13-3-2-12/h4-5H,2-3,12H2,1H3. The first-order valence-electron chi connectivity index (χ1n) is 3.93. The molecule has 1 aromatic carbocycles. The molecule has 0 saturated heterocycles. The van der Waals surface area contributed by atoms with Gasteiger partial charge in [-0.2, -0.15) is 0 Å². The minimum absolute atomic E-state index is 0.488. The third-order valence-electron chi connectivity index (χ3n) is 1.56. The lowest BCUT2D eigenvalue weighted by molar-refractivity contribution is 0.326. The summed E-state index contributed by atoms with van der Waals surface area (Å²) in [4.78, 5) is 0. The molecule has 0 aliphatic heterocycles. The fourth-order valence-electron chi connectivity index (χ4n) is 1.03. The van der Waals surface area contributed by atoms with Gasteiger partial charge in [-0.25, -0.2) is 0 Å². The minimum atomic E-state index is 0.488. The van der Waals surface area contributed by atoms with E-state index >= 15 is 0 Å². The molecule has 0 amide bonds. The Hall–Kier alpha value is -0.250. The number of nitrogens with two attached hydrogens (primary N) is 1. The smallest absolute Gasteiger partial charge is 0.140 e. The summed E-state index contributed by atoms with van der Waals surface area (Å²) in [5.41, 5.74) is 6.34. The second-order valence-electron chi connectivity index (χ2n) is 2.67. The predicted octanol–water partition coefficient (Wildman–Crippen LogP) is 2.75. The van der Waals surface area contributed by atoms with Crippen LogP contribution < -0.4 is 10.5 Å². The van der Waals surface area contributed by atoms with Crippen molar-refractivity contribution in [3.05, 3.63) is 27.2 Å². The Morgan fingerprint density at radius 3 is 2.77 bits per heavy atom. The summed E-state index contributed by atoms with van der Waals surface area (Å²) < 4.78 is 6.35. The number of rotatable bonds is 3. The zero-order valence-corrected chi connectivity index (χ0v) is 9.65. The summed E-state index contributed by atoms with van der Waals surface area (Å²) in [6.45, 7) is 2.93. The number of hydrogen-bond acceptors (Lipinski definition) is 2. The van der Waals surface area contributed by atoms with Crippen LogP contribution in [0, 0.1) is 6.92 Å². The average Bonchev–Trinajstić information content (AvgIpc) is 2.02. The van der Waals surface area contributed by atoms with Crippen molar-refractivity contribution in [1.82, 2.24) is 0 Å². The van der Waals surface area contributed by atoms with Gasteiger partial charge in [-0.1, -0.05) is 27.5 Å². The Bertz CT molecular complexity index is 281. The molecule has 2 nitrogen and oxygen atoms in total. The van der Waals surface area contributed by atoms with E-state index < -0.39 is 0 Å². The lowest BCUT2D eigenvalue weighted by Crippen LogP contribution is -2.11. The third-order valence-corrected chi connectivity index (χ3v) is 2.30. The first-order chi connectivity index (χ1) is 6.15. The van der Waals surface area contributed by atoms with Crippen molar-refractivity contribution in [2.45, 2.75) is 6.92 Å². The van der Waals surface area contributed by atoms with Gasteiger partial charge in [0.25, 0.3) is 0 Å². The molecular formula is C9H11BrClNO. The molecule has 0 atom stereocenters. The van der Waals surface area contributed by atoms with Crippen LogP contribution in [-0.4, -0.2) is 13.2 Å². The van der Waals surface area contributed by atoms with Crippen molar-refractivity contribution in [3.63, 3.8) is 0 Å². The van der Waals surface area contributed by atoms with Crippen LogP contribution in [0.3, 0.4) is 0 Å². The van der Waals surface area contributed by atoms with Crippen molar-refractivity contribution >= 4 is 27.5 Å². The van der Waals surface area contributed by atoms with Crippen LogP contribution in [0.15, 0.2) is 16.6 Å². The topological polar surface area (TPSA) is 35.2 Å². The van der Waals surface area contributed by atoms with Crippen LogP contribution in [0.5, 0.6) is 5.75 Å². The maximum atomic E-state index is 5.97. The molecule has 0 fully saturated rings. The molecule has 13 heavy (non-hydrogen) atoms. The SMILES string of the molecule is Cc1cc(Br)cc(Cl)c1OCCN. The van der Waals surface area contributed by atoms with Crippen LogP contribution >= 0.6 is 27.5 Å². The summed E-state index contributed by atoms with van der Waals surface area (Å²) in [5.74, 6) is 0.718. The van der Waals surface area contributed by atoms with Crippen molar-refractivity contribution in [3.8, 4) is 5.75 Å². The fraction of sp³-hybridized carbons (Fsp3) is 0.333. The molecule has 0 saturated carbocycles. The molecule has 4 heteroatoms. The molecule has 0 aliphatic carbocycles. The lowest BCUT2D eigenvalue weighted by Gasteiger charge is -2.10. The largest absolute Gasteiger partial charge is 0.490 e. The van der Waals surface area contributed by atoms with Gasteiger partial charge >= 0.3 is 0 Å². The Balaban J connectivity index is 2.92. The van der Waals surface area contributed by atoms with E-state index in [0.717, 1.165) is 15.8 Å². The van der Waals surface area contributed by atoms with Gasteiger partial charge in [-0.05, 0) is 24.6 Å². The first-order valence-corrected chi connectivity index (χ1v) is 5.10. The highest BCUT2D eigenvalue weighted by molar-refractivity contribution is 9.10. The van der Waals surface area contributed by atoms with Crippen LogP contribution in [0.4, 0.5) is 0 Å². The van der Waals surface area contributed by atoms with E-state index in [1.165, 1.54) is 0 Å². The second kappa shape index (κ2) is 4.84. The monoisotopic (exact) mass is 263 g/mol. The minimum Gasteiger partial charge on any atom is -0.490 e. The van der Waals surface area contributed by atoms with Gasteiger partial charge in [0.15, 0.2) is 0 Å². The van der Waals surface area contributed by atoms with E-state index in [4.69, 9.17) is 22.1 Å². The molecule has 0 radical (unpaired) electrons. The van der Waals surface area contributed by atoms with Gasteiger partial charge in [-0.3, -0.25) is 0 Å². The second-order valence-corrected chi connectivity index (χ2v) is 3.99. The van der Waals surface area contributed by atoms with E-state index in [0.29, 0.717) is 18.2 Å². The Kier molecular flexibility index (Phi) is 4.03. The Morgan fingerprint density at radius 2 is 2.23 bits per heavy atom. The van der Waals surface area contributed by atoms with Gasteiger partial charge in [0.2, 0.25) is 0 Å². The lowest BCUT2D eigenvalue weighted by atomic mass is 10.2. The molecule has 72 valence electrons. The predicted molar refractivity (Wildman–Crippen MR) is 58.4 cm³/mol. The third kappa shape index (κ3) is 2.86. The van der Waals surface area contributed by atoms with Crippen LogP contribution in [0.25, 0.3) is 0 Å². The Labute approximate surface area is 91.2 Å². The van der Waals surface area contributed by atoms with E-state index in [2.05, 4.69) is 15.9 Å².